The van der Waals surface area contributed by atoms with Crippen LogP contribution in [0.5, 0.6) is 0 Å². The van der Waals surface area contributed by atoms with Crippen LogP contribution in [0.1, 0.15) is 58.3 Å². The van der Waals surface area contributed by atoms with Crippen LogP contribution in [0.4, 0.5) is 0 Å². The average molecular weight is 510 g/mol. The second-order valence-corrected chi connectivity index (χ2v) is 10.5. The molecule has 2 amide bonds. The molecule has 0 aromatic heterocycles. The van der Waals surface area contributed by atoms with Crippen molar-refractivity contribution < 1.29 is 28.8 Å². The molecule has 0 saturated carbocycles. The van der Waals surface area contributed by atoms with E-state index >= 15 is 0 Å². The number of ketones is 1. The highest BCUT2D eigenvalue weighted by molar-refractivity contribution is 5.99. The molecule has 2 aromatic rings. The van der Waals surface area contributed by atoms with Crippen molar-refractivity contribution in [3.63, 3.8) is 0 Å². The summed E-state index contributed by atoms with van der Waals surface area (Å²) in [5, 5.41) is 7.57. The minimum atomic E-state index is -1.05. The van der Waals surface area contributed by atoms with Gasteiger partial charge in [-0.2, -0.15) is 0 Å². The van der Waals surface area contributed by atoms with Crippen LogP contribution in [0.3, 0.4) is 0 Å². The largest absolute Gasteiger partial charge is 0.460 e. The first-order valence-corrected chi connectivity index (χ1v) is 12.3. The molecule has 9 nitrogen and oxygen atoms in total. The van der Waals surface area contributed by atoms with E-state index in [1.807, 2.05) is 50.2 Å². The molecule has 9 heteroatoms. The van der Waals surface area contributed by atoms with E-state index in [1.54, 1.807) is 32.9 Å². The third-order valence-corrected chi connectivity index (χ3v) is 5.79. The fraction of sp³-hybridized carbons (Fsp3) is 0.429. The molecule has 3 rings (SSSR count). The summed E-state index contributed by atoms with van der Waals surface area (Å²) in [7, 11) is 0. The lowest BCUT2D eigenvalue weighted by atomic mass is 9.99. The fourth-order valence-electron chi connectivity index (χ4n) is 3.92. The van der Waals surface area contributed by atoms with Gasteiger partial charge in [-0.3, -0.25) is 29.5 Å². The Morgan fingerprint density at radius 3 is 2.32 bits per heavy atom. The fourth-order valence-corrected chi connectivity index (χ4v) is 3.92. The number of amides is 2. The maximum Gasteiger partial charge on any atom is 0.308 e. The number of hydrogen-bond donors (Lipinski definition) is 3. The van der Waals surface area contributed by atoms with Crippen LogP contribution in [0, 0.1) is 5.92 Å². The SMILES string of the molecule is CC(=O)[C@H](CC(=O)OC(C)(C)C)NC(=O)C1C=C([C@@H](NC(=O)c2ccc3ccccc3c2)C(C)C)NO1. The molecular weight excluding hydrogens is 474 g/mol. The first-order chi connectivity index (χ1) is 17.3. The summed E-state index contributed by atoms with van der Waals surface area (Å²) in [5.41, 5.74) is 3.07. The van der Waals surface area contributed by atoms with Gasteiger partial charge in [0.2, 0.25) is 0 Å². The molecule has 0 saturated heterocycles. The van der Waals surface area contributed by atoms with Crippen molar-refractivity contribution in [2.24, 2.45) is 5.92 Å². The van der Waals surface area contributed by atoms with Crippen molar-refractivity contribution in [2.45, 2.75) is 71.8 Å². The van der Waals surface area contributed by atoms with Gasteiger partial charge in [-0.25, -0.2) is 0 Å². The molecule has 1 unspecified atom stereocenters. The zero-order chi connectivity index (χ0) is 27.3. The van der Waals surface area contributed by atoms with Gasteiger partial charge in [-0.1, -0.05) is 44.2 Å². The predicted octanol–water partition coefficient (Wildman–Crippen LogP) is 3.19. The van der Waals surface area contributed by atoms with Gasteiger partial charge in [-0.15, -0.1) is 0 Å². The topological polar surface area (TPSA) is 123 Å². The van der Waals surface area contributed by atoms with E-state index in [0.717, 1.165) is 10.8 Å². The Labute approximate surface area is 216 Å². The van der Waals surface area contributed by atoms with E-state index in [1.165, 1.54) is 6.92 Å². The molecule has 1 aliphatic rings. The van der Waals surface area contributed by atoms with E-state index < -0.39 is 35.7 Å². The third-order valence-electron chi connectivity index (χ3n) is 5.79. The number of hydroxylamine groups is 1. The van der Waals surface area contributed by atoms with Gasteiger partial charge in [-0.05, 0) is 62.6 Å². The van der Waals surface area contributed by atoms with Crippen LogP contribution >= 0.6 is 0 Å². The van der Waals surface area contributed by atoms with Gasteiger partial charge in [0.1, 0.15) is 5.60 Å². The summed E-state index contributed by atoms with van der Waals surface area (Å²) in [5.74, 6) is -1.84. The van der Waals surface area contributed by atoms with Crippen LogP contribution in [0.2, 0.25) is 0 Å². The van der Waals surface area contributed by atoms with Crippen molar-refractivity contribution in [3.8, 4) is 0 Å². The molecule has 3 atom stereocenters. The van der Waals surface area contributed by atoms with Gasteiger partial charge < -0.3 is 15.4 Å². The van der Waals surface area contributed by atoms with Crippen molar-refractivity contribution in [1.82, 2.24) is 16.1 Å². The van der Waals surface area contributed by atoms with Crippen molar-refractivity contribution in [2.75, 3.05) is 0 Å². The van der Waals surface area contributed by atoms with Crippen molar-refractivity contribution in [3.05, 3.63) is 59.8 Å². The maximum absolute atomic E-state index is 13.0. The number of ether oxygens (including phenoxy) is 1. The second-order valence-electron chi connectivity index (χ2n) is 10.5. The zero-order valence-electron chi connectivity index (χ0n) is 22.1. The molecule has 0 radical (unpaired) electrons. The lowest BCUT2D eigenvalue weighted by Gasteiger charge is -2.23. The summed E-state index contributed by atoms with van der Waals surface area (Å²) in [4.78, 5) is 55.5. The molecule has 0 aliphatic carbocycles. The van der Waals surface area contributed by atoms with Gasteiger partial charge in [0.05, 0.1) is 24.2 Å². The normalized spacial score (nSPS) is 16.9. The first-order valence-electron chi connectivity index (χ1n) is 12.3. The van der Waals surface area contributed by atoms with Crippen molar-refractivity contribution >= 4 is 34.3 Å². The molecule has 1 aliphatic heterocycles. The number of carbonyl (C=O) groups excluding carboxylic acids is 4. The Bertz CT molecular complexity index is 1210. The second kappa shape index (κ2) is 11.6. The third kappa shape index (κ3) is 7.63. The molecule has 1 heterocycles. The number of fused-ring (bicyclic) bond motifs is 1. The molecule has 0 fully saturated rings. The van der Waals surface area contributed by atoms with Gasteiger partial charge >= 0.3 is 5.97 Å². The van der Waals surface area contributed by atoms with Crippen LogP contribution in [-0.4, -0.2) is 47.4 Å². The zero-order valence-corrected chi connectivity index (χ0v) is 22.1. The van der Waals surface area contributed by atoms with Crippen LogP contribution < -0.4 is 16.1 Å². The summed E-state index contributed by atoms with van der Waals surface area (Å²) >= 11 is 0. The molecule has 37 heavy (non-hydrogen) atoms. The molecule has 0 spiro atoms. The number of nitrogens with one attached hydrogen (secondary N) is 3. The van der Waals surface area contributed by atoms with Crippen LogP contribution in [0.25, 0.3) is 10.8 Å². The van der Waals surface area contributed by atoms with E-state index in [2.05, 4.69) is 16.1 Å². The van der Waals surface area contributed by atoms with Crippen LogP contribution in [-0.2, 0) is 24.0 Å². The number of hydrogen-bond acceptors (Lipinski definition) is 7. The van der Waals surface area contributed by atoms with Crippen LogP contribution in [0.15, 0.2) is 54.2 Å². The average Bonchev–Trinajstić information content (AvgIpc) is 3.30. The summed E-state index contributed by atoms with van der Waals surface area (Å²) in [6.45, 7) is 10.3. The van der Waals surface area contributed by atoms with Gasteiger partial charge in [0.15, 0.2) is 11.9 Å². The van der Waals surface area contributed by atoms with E-state index in [0.29, 0.717) is 11.3 Å². The number of carbonyl (C=O) groups is 4. The Hall–Kier alpha value is -3.72. The maximum atomic E-state index is 13.0. The first kappa shape index (κ1) is 27.9. The Morgan fingerprint density at radius 2 is 1.70 bits per heavy atom. The molecule has 3 N–H and O–H groups in total. The molecule has 2 aromatic carbocycles. The number of esters is 1. The number of benzene rings is 2. The van der Waals surface area contributed by atoms with E-state index in [9.17, 15) is 19.2 Å². The highest BCUT2D eigenvalue weighted by Crippen LogP contribution is 2.20. The summed E-state index contributed by atoms with van der Waals surface area (Å²) in [6, 6.07) is 11.8. The minimum Gasteiger partial charge on any atom is -0.460 e. The Morgan fingerprint density at radius 1 is 1.03 bits per heavy atom. The Balaban J connectivity index is 1.67. The highest BCUT2D eigenvalue weighted by Gasteiger charge is 2.33. The monoisotopic (exact) mass is 509 g/mol. The number of Topliss-reactive ketones (excluding diaryl/α,β-unsaturated/α-hetero) is 1. The van der Waals surface area contributed by atoms with Gasteiger partial charge in [0.25, 0.3) is 11.8 Å². The van der Waals surface area contributed by atoms with Gasteiger partial charge in [0, 0.05) is 5.56 Å². The quantitative estimate of drug-likeness (QED) is 0.444. The molecule has 0 bridgehead atoms. The number of rotatable bonds is 9. The standard InChI is InChI=1S/C28H35N3O6/c1-16(2)25(30-26(34)20-12-11-18-9-7-8-10-19(18)13-20)22-14-23(37-31-22)27(35)29-21(17(3)32)15-24(33)36-28(4,5)6/h7-14,16,21,23,25,31H,15H2,1-6H3,(H,29,35)(H,30,34)/t21-,23?,25-/m0/s1. The Kier molecular flexibility index (Phi) is 8.70. The predicted molar refractivity (Wildman–Crippen MR) is 139 cm³/mol. The highest BCUT2D eigenvalue weighted by atomic mass is 16.7. The van der Waals surface area contributed by atoms with Crippen molar-refractivity contribution in [1.29, 1.82) is 0 Å². The lowest BCUT2D eigenvalue weighted by molar-refractivity contribution is -0.156. The minimum absolute atomic E-state index is 0.0225. The molecular formula is C28H35N3O6. The summed E-state index contributed by atoms with van der Waals surface area (Å²) in [6.07, 6.45) is 0.228. The molecule has 198 valence electrons. The lowest BCUT2D eigenvalue weighted by Crippen LogP contribution is -2.46. The van der Waals surface area contributed by atoms with E-state index in [-0.39, 0.29) is 24.0 Å². The smallest absolute Gasteiger partial charge is 0.308 e. The van der Waals surface area contributed by atoms with E-state index in [4.69, 9.17) is 9.57 Å². The summed E-state index contributed by atoms with van der Waals surface area (Å²) < 4.78 is 5.26.